The highest BCUT2D eigenvalue weighted by atomic mass is 14.7. The molecule has 2 nitrogen and oxygen atoms in total. The third-order valence-corrected chi connectivity index (χ3v) is 4.23. The first-order valence-corrected chi connectivity index (χ1v) is 8.21. The summed E-state index contributed by atoms with van der Waals surface area (Å²) in [6.07, 6.45) is 3.32. The van der Waals surface area contributed by atoms with Crippen molar-refractivity contribution < 1.29 is 0 Å². The lowest BCUT2D eigenvalue weighted by Crippen LogP contribution is -2.20. The first-order valence-electron chi connectivity index (χ1n) is 8.21. The normalized spacial score (nSPS) is 13.7. The Kier molecular flexibility index (Phi) is 4.74. The monoisotopic (exact) mass is 308 g/mol. The van der Waals surface area contributed by atoms with Gasteiger partial charge in [0.2, 0.25) is 0 Å². The van der Waals surface area contributed by atoms with E-state index in [1.165, 1.54) is 22.9 Å². The Morgan fingerprint density at radius 2 is 1.65 bits per heavy atom. The SMILES string of the molecule is CC(C)(C)c1ccc(C(C)(C)C)c(C(C=N)c2ccccn2)c1. The van der Waals surface area contributed by atoms with E-state index in [1.54, 1.807) is 6.20 Å². The highest BCUT2D eigenvalue weighted by molar-refractivity contribution is 5.71. The fourth-order valence-electron chi connectivity index (χ4n) is 2.86. The van der Waals surface area contributed by atoms with Gasteiger partial charge in [-0.05, 0) is 39.7 Å². The molecule has 0 aliphatic heterocycles. The summed E-state index contributed by atoms with van der Waals surface area (Å²) in [5.74, 6) is -0.104. The molecule has 0 spiro atoms. The Hall–Kier alpha value is -1.96. The minimum atomic E-state index is -0.104. The van der Waals surface area contributed by atoms with E-state index < -0.39 is 0 Å². The minimum Gasteiger partial charge on any atom is -0.312 e. The summed E-state index contributed by atoms with van der Waals surface area (Å²) in [6.45, 7) is 13.3. The van der Waals surface area contributed by atoms with E-state index in [0.29, 0.717) is 0 Å². The zero-order chi connectivity index (χ0) is 17.3. The van der Waals surface area contributed by atoms with Crippen molar-refractivity contribution in [2.45, 2.75) is 58.3 Å². The molecule has 0 saturated carbocycles. The van der Waals surface area contributed by atoms with E-state index in [9.17, 15) is 0 Å². The van der Waals surface area contributed by atoms with Crippen LogP contribution < -0.4 is 0 Å². The van der Waals surface area contributed by atoms with Crippen LogP contribution in [0.15, 0.2) is 42.6 Å². The molecule has 0 saturated heterocycles. The number of nitrogens with one attached hydrogen (secondary N) is 1. The third kappa shape index (κ3) is 3.87. The first-order chi connectivity index (χ1) is 10.6. The van der Waals surface area contributed by atoms with Crippen LogP contribution in [0.1, 0.15) is 69.8 Å². The maximum absolute atomic E-state index is 8.00. The molecule has 23 heavy (non-hydrogen) atoms. The molecule has 1 aromatic heterocycles. The van der Waals surface area contributed by atoms with Gasteiger partial charge in [0, 0.05) is 12.4 Å². The molecule has 1 unspecified atom stereocenters. The van der Waals surface area contributed by atoms with Gasteiger partial charge in [-0.3, -0.25) is 4.98 Å². The molecule has 2 rings (SSSR count). The number of rotatable bonds is 3. The standard InChI is InChI=1S/C21H28N2/c1-20(2,3)15-10-11-18(21(4,5)6)16(13-15)17(14-22)19-9-7-8-12-23-19/h7-14,17,22H,1-6H3. The highest BCUT2D eigenvalue weighted by Crippen LogP contribution is 2.35. The lowest BCUT2D eigenvalue weighted by Gasteiger charge is -2.29. The van der Waals surface area contributed by atoms with Gasteiger partial charge < -0.3 is 5.41 Å². The van der Waals surface area contributed by atoms with Crippen molar-refractivity contribution in [3.8, 4) is 0 Å². The second kappa shape index (κ2) is 6.27. The molecule has 0 bridgehead atoms. The summed E-state index contributed by atoms with van der Waals surface area (Å²) in [7, 11) is 0. The molecule has 1 atom stereocenters. The smallest absolute Gasteiger partial charge is 0.0612 e. The average Bonchev–Trinajstić information content (AvgIpc) is 2.47. The van der Waals surface area contributed by atoms with Crippen molar-refractivity contribution in [2.24, 2.45) is 0 Å². The van der Waals surface area contributed by atoms with Gasteiger partial charge in [0.05, 0.1) is 11.6 Å². The van der Waals surface area contributed by atoms with E-state index in [2.05, 4.69) is 64.7 Å². The van der Waals surface area contributed by atoms with Crippen LogP contribution in [0.5, 0.6) is 0 Å². The van der Waals surface area contributed by atoms with Gasteiger partial charge in [0.15, 0.2) is 0 Å². The Balaban J connectivity index is 2.68. The summed E-state index contributed by atoms with van der Waals surface area (Å²) < 4.78 is 0. The molecule has 2 heteroatoms. The largest absolute Gasteiger partial charge is 0.312 e. The molecule has 2 aromatic rings. The van der Waals surface area contributed by atoms with Crippen molar-refractivity contribution in [2.75, 3.05) is 0 Å². The van der Waals surface area contributed by atoms with Crippen molar-refractivity contribution >= 4 is 6.21 Å². The fourth-order valence-corrected chi connectivity index (χ4v) is 2.86. The van der Waals surface area contributed by atoms with Gasteiger partial charge in [-0.2, -0.15) is 0 Å². The van der Waals surface area contributed by atoms with Gasteiger partial charge in [0.25, 0.3) is 0 Å². The number of hydrogen-bond acceptors (Lipinski definition) is 2. The van der Waals surface area contributed by atoms with Gasteiger partial charge in [0.1, 0.15) is 0 Å². The molecular formula is C21H28N2. The van der Waals surface area contributed by atoms with Crippen LogP contribution >= 0.6 is 0 Å². The third-order valence-electron chi connectivity index (χ3n) is 4.23. The molecule has 0 amide bonds. The molecule has 0 radical (unpaired) electrons. The Bertz CT molecular complexity index is 673. The van der Waals surface area contributed by atoms with Crippen LogP contribution in [-0.4, -0.2) is 11.2 Å². The van der Waals surface area contributed by atoms with Crippen LogP contribution in [-0.2, 0) is 10.8 Å². The predicted octanol–water partition coefficient (Wildman–Crippen LogP) is 5.46. The Morgan fingerprint density at radius 3 is 2.13 bits per heavy atom. The number of nitrogens with zero attached hydrogens (tertiary/aromatic N) is 1. The maximum atomic E-state index is 8.00. The minimum absolute atomic E-state index is 0.0296. The van der Waals surface area contributed by atoms with E-state index in [0.717, 1.165) is 5.69 Å². The molecule has 1 N–H and O–H groups in total. The molecule has 1 aromatic carbocycles. The summed E-state index contributed by atoms with van der Waals surface area (Å²) in [6, 6.07) is 12.6. The van der Waals surface area contributed by atoms with Gasteiger partial charge in [-0.1, -0.05) is 65.8 Å². The summed E-state index contributed by atoms with van der Waals surface area (Å²) >= 11 is 0. The predicted molar refractivity (Wildman–Crippen MR) is 98.7 cm³/mol. The highest BCUT2D eigenvalue weighted by Gasteiger charge is 2.26. The summed E-state index contributed by atoms with van der Waals surface area (Å²) in [5, 5.41) is 8.00. The van der Waals surface area contributed by atoms with E-state index >= 15 is 0 Å². The zero-order valence-corrected chi connectivity index (χ0v) is 15.1. The summed E-state index contributed by atoms with van der Waals surface area (Å²) in [4.78, 5) is 4.49. The van der Waals surface area contributed by atoms with Crippen molar-refractivity contribution in [3.05, 3.63) is 65.0 Å². The van der Waals surface area contributed by atoms with Crippen molar-refractivity contribution in [1.29, 1.82) is 5.41 Å². The molecule has 1 heterocycles. The number of benzene rings is 1. The van der Waals surface area contributed by atoms with Crippen LogP contribution in [0.2, 0.25) is 0 Å². The Labute approximate surface area is 140 Å². The van der Waals surface area contributed by atoms with Crippen LogP contribution in [0.3, 0.4) is 0 Å². The zero-order valence-electron chi connectivity index (χ0n) is 15.1. The maximum Gasteiger partial charge on any atom is 0.0612 e. The topological polar surface area (TPSA) is 36.7 Å². The molecular weight excluding hydrogens is 280 g/mol. The van der Waals surface area contributed by atoms with E-state index in [1.807, 2.05) is 18.2 Å². The Morgan fingerprint density at radius 1 is 0.957 bits per heavy atom. The number of hydrogen-bond donors (Lipinski definition) is 1. The van der Waals surface area contributed by atoms with Crippen molar-refractivity contribution in [3.63, 3.8) is 0 Å². The van der Waals surface area contributed by atoms with E-state index in [4.69, 9.17) is 5.41 Å². The van der Waals surface area contributed by atoms with Crippen LogP contribution in [0.25, 0.3) is 0 Å². The van der Waals surface area contributed by atoms with Crippen LogP contribution in [0.4, 0.5) is 0 Å². The second-order valence-corrected chi connectivity index (χ2v) is 8.20. The molecule has 0 fully saturated rings. The summed E-state index contributed by atoms with van der Waals surface area (Å²) in [5.41, 5.74) is 4.81. The quantitative estimate of drug-likeness (QED) is 0.751. The van der Waals surface area contributed by atoms with E-state index in [-0.39, 0.29) is 16.7 Å². The molecule has 0 aliphatic carbocycles. The van der Waals surface area contributed by atoms with Gasteiger partial charge in [-0.15, -0.1) is 0 Å². The fraction of sp³-hybridized carbons (Fsp3) is 0.429. The van der Waals surface area contributed by atoms with Crippen LogP contribution in [0, 0.1) is 5.41 Å². The van der Waals surface area contributed by atoms with Gasteiger partial charge >= 0.3 is 0 Å². The molecule has 0 aliphatic rings. The second-order valence-electron chi connectivity index (χ2n) is 8.20. The average molecular weight is 308 g/mol. The molecule has 122 valence electrons. The van der Waals surface area contributed by atoms with Gasteiger partial charge in [-0.25, -0.2) is 0 Å². The van der Waals surface area contributed by atoms with Crippen molar-refractivity contribution in [1.82, 2.24) is 4.98 Å². The number of pyridine rings is 1. The lowest BCUT2D eigenvalue weighted by molar-refractivity contribution is 0.570. The number of aromatic nitrogens is 1. The first kappa shape index (κ1) is 17.4. The lowest BCUT2D eigenvalue weighted by atomic mass is 9.76.